The van der Waals surface area contributed by atoms with Crippen molar-refractivity contribution in [3.63, 3.8) is 0 Å². The SMILES string of the molecule is c1ccc(-n2nccn2)nc1. The maximum Gasteiger partial charge on any atom is 0.174 e. The average Bonchev–Trinajstić information content (AvgIpc) is 2.58. The molecule has 54 valence electrons. The van der Waals surface area contributed by atoms with E-state index in [2.05, 4.69) is 15.2 Å². The van der Waals surface area contributed by atoms with E-state index in [1.54, 1.807) is 18.6 Å². The van der Waals surface area contributed by atoms with Gasteiger partial charge in [0.05, 0.1) is 12.4 Å². The van der Waals surface area contributed by atoms with Gasteiger partial charge in [-0.1, -0.05) is 6.07 Å². The zero-order valence-electron chi connectivity index (χ0n) is 5.75. The Hall–Kier alpha value is -1.71. The van der Waals surface area contributed by atoms with Crippen LogP contribution in [-0.2, 0) is 0 Å². The zero-order chi connectivity index (χ0) is 7.52. The smallest absolute Gasteiger partial charge is 0.174 e. The van der Waals surface area contributed by atoms with Crippen LogP contribution in [0, 0.1) is 0 Å². The van der Waals surface area contributed by atoms with Gasteiger partial charge in [0.25, 0.3) is 0 Å². The number of nitrogens with zero attached hydrogens (tertiary/aromatic N) is 4. The van der Waals surface area contributed by atoms with Gasteiger partial charge in [-0.05, 0) is 12.1 Å². The fraction of sp³-hybridized carbons (Fsp3) is 0. The van der Waals surface area contributed by atoms with Gasteiger partial charge in [0, 0.05) is 6.20 Å². The van der Waals surface area contributed by atoms with Crippen LogP contribution in [-0.4, -0.2) is 20.0 Å². The highest BCUT2D eigenvalue weighted by atomic mass is 15.5. The predicted molar refractivity (Wildman–Crippen MR) is 39.2 cm³/mol. The molecule has 0 N–H and O–H groups in total. The Morgan fingerprint density at radius 2 is 1.82 bits per heavy atom. The lowest BCUT2D eigenvalue weighted by Gasteiger charge is -1.94. The third kappa shape index (κ3) is 1.10. The summed E-state index contributed by atoms with van der Waals surface area (Å²) in [4.78, 5) is 5.53. The molecule has 0 aliphatic carbocycles. The second kappa shape index (κ2) is 2.49. The molecule has 2 heterocycles. The van der Waals surface area contributed by atoms with Crippen molar-refractivity contribution in [2.24, 2.45) is 0 Å². The molecule has 0 aliphatic heterocycles. The highest BCUT2D eigenvalue weighted by molar-refractivity contribution is 5.16. The number of aromatic nitrogens is 4. The molecule has 0 spiro atoms. The van der Waals surface area contributed by atoms with Gasteiger partial charge in [-0.2, -0.15) is 10.2 Å². The first-order valence-corrected chi connectivity index (χ1v) is 3.24. The maximum absolute atomic E-state index is 4.06. The molecule has 4 nitrogen and oxygen atoms in total. The molecule has 0 unspecified atom stereocenters. The van der Waals surface area contributed by atoms with Gasteiger partial charge in [-0.25, -0.2) is 4.98 Å². The van der Waals surface area contributed by atoms with Gasteiger partial charge >= 0.3 is 0 Å². The summed E-state index contributed by atoms with van der Waals surface area (Å²) in [6, 6.07) is 5.60. The molecule has 4 heteroatoms. The van der Waals surface area contributed by atoms with Gasteiger partial charge in [0.15, 0.2) is 5.82 Å². The normalized spacial score (nSPS) is 9.82. The molecule has 0 aromatic carbocycles. The third-order valence-electron chi connectivity index (χ3n) is 1.27. The Kier molecular flexibility index (Phi) is 1.37. The summed E-state index contributed by atoms with van der Waals surface area (Å²) < 4.78 is 0. The van der Waals surface area contributed by atoms with Crippen LogP contribution in [0.1, 0.15) is 0 Å². The monoisotopic (exact) mass is 146 g/mol. The highest BCUT2D eigenvalue weighted by Crippen LogP contribution is 1.96. The van der Waals surface area contributed by atoms with Crippen molar-refractivity contribution < 1.29 is 0 Å². The van der Waals surface area contributed by atoms with Crippen LogP contribution in [0.5, 0.6) is 0 Å². The summed E-state index contributed by atoms with van der Waals surface area (Å²) in [5.74, 6) is 0.734. The molecule has 0 saturated carbocycles. The van der Waals surface area contributed by atoms with E-state index < -0.39 is 0 Å². The lowest BCUT2D eigenvalue weighted by Crippen LogP contribution is -1.99. The summed E-state index contributed by atoms with van der Waals surface area (Å²) in [6.07, 6.45) is 4.95. The summed E-state index contributed by atoms with van der Waals surface area (Å²) >= 11 is 0. The lowest BCUT2D eigenvalue weighted by atomic mass is 10.5. The summed E-state index contributed by atoms with van der Waals surface area (Å²) in [5, 5.41) is 7.86. The molecule has 0 aliphatic rings. The molecule has 0 radical (unpaired) electrons. The van der Waals surface area contributed by atoms with Crippen LogP contribution in [0.3, 0.4) is 0 Å². The van der Waals surface area contributed by atoms with Gasteiger partial charge in [0.1, 0.15) is 0 Å². The van der Waals surface area contributed by atoms with Crippen LogP contribution in [0.2, 0.25) is 0 Å². The molecule has 0 saturated heterocycles. The first-order valence-electron chi connectivity index (χ1n) is 3.24. The van der Waals surface area contributed by atoms with Crippen molar-refractivity contribution in [1.29, 1.82) is 0 Å². The standard InChI is InChI=1S/C7H6N4/c1-2-4-8-7(3-1)11-9-5-6-10-11/h1-6H. The zero-order valence-corrected chi connectivity index (χ0v) is 5.75. The molecule has 0 bridgehead atoms. The van der Waals surface area contributed by atoms with E-state index in [9.17, 15) is 0 Å². The van der Waals surface area contributed by atoms with E-state index in [1.165, 1.54) is 4.80 Å². The van der Waals surface area contributed by atoms with Gasteiger partial charge < -0.3 is 0 Å². The molecule has 2 aromatic rings. The fourth-order valence-corrected chi connectivity index (χ4v) is 0.806. The first kappa shape index (κ1) is 6.03. The summed E-state index contributed by atoms with van der Waals surface area (Å²) in [6.45, 7) is 0. The van der Waals surface area contributed by atoms with Crippen LogP contribution in [0.4, 0.5) is 0 Å². The largest absolute Gasteiger partial charge is 0.236 e. The van der Waals surface area contributed by atoms with Crippen molar-refractivity contribution in [3.05, 3.63) is 36.8 Å². The van der Waals surface area contributed by atoms with Gasteiger partial charge in [0.2, 0.25) is 0 Å². The van der Waals surface area contributed by atoms with Crippen molar-refractivity contribution in [2.45, 2.75) is 0 Å². The molecule has 11 heavy (non-hydrogen) atoms. The Bertz CT molecular complexity index is 313. The summed E-state index contributed by atoms with van der Waals surface area (Å²) in [7, 11) is 0. The quantitative estimate of drug-likeness (QED) is 0.593. The number of hydrogen-bond acceptors (Lipinski definition) is 3. The van der Waals surface area contributed by atoms with Crippen LogP contribution < -0.4 is 0 Å². The lowest BCUT2D eigenvalue weighted by molar-refractivity contribution is 0.729. The first-order chi connectivity index (χ1) is 5.47. The summed E-state index contributed by atoms with van der Waals surface area (Å²) in [5.41, 5.74) is 0. The predicted octanol–water partition coefficient (Wildman–Crippen LogP) is 0.662. The van der Waals surface area contributed by atoms with Crippen LogP contribution in [0.15, 0.2) is 36.8 Å². The minimum atomic E-state index is 0.734. The highest BCUT2D eigenvalue weighted by Gasteiger charge is 1.93. The maximum atomic E-state index is 4.06. The number of hydrogen-bond donors (Lipinski definition) is 0. The van der Waals surface area contributed by atoms with E-state index in [4.69, 9.17) is 0 Å². The van der Waals surface area contributed by atoms with Crippen molar-refractivity contribution in [2.75, 3.05) is 0 Å². The molecule has 2 rings (SSSR count). The number of pyridine rings is 1. The third-order valence-corrected chi connectivity index (χ3v) is 1.27. The molecular formula is C7H6N4. The molecular weight excluding hydrogens is 140 g/mol. The van der Waals surface area contributed by atoms with Crippen molar-refractivity contribution in [1.82, 2.24) is 20.0 Å². The molecule has 0 fully saturated rings. The van der Waals surface area contributed by atoms with Crippen molar-refractivity contribution >= 4 is 0 Å². The van der Waals surface area contributed by atoms with E-state index in [0.717, 1.165) is 5.82 Å². The second-order valence-electron chi connectivity index (χ2n) is 2.01. The van der Waals surface area contributed by atoms with Crippen molar-refractivity contribution in [3.8, 4) is 5.82 Å². The Labute approximate surface area is 63.5 Å². The fourth-order valence-electron chi connectivity index (χ4n) is 0.806. The van der Waals surface area contributed by atoms with Crippen LogP contribution in [0.25, 0.3) is 5.82 Å². The van der Waals surface area contributed by atoms with E-state index in [-0.39, 0.29) is 0 Å². The van der Waals surface area contributed by atoms with E-state index in [1.807, 2.05) is 18.2 Å². The topological polar surface area (TPSA) is 43.6 Å². The Morgan fingerprint density at radius 1 is 1.00 bits per heavy atom. The minimum absolute atomic E-state index is 0.734. The van der Waals surface area contributed by atoms with Crippen LogP contribution >= 0.6 is 0 Å². The van der Waals surface area contributed by atoms with E-state index >= 15 is 0 Å². The molecule has 0 atom stereocenters. The molecule has 0 amide bonds. The average molecular weight is 146 g/mol. The number of rotatable bonds is 1. The van der Waals surface area contributed by atoms with Gasteiger partial charge in [-0.15, -0.1) is 4.80 Å². The van der Waals surface area contributed by atoms with E-state index in [0.29, 0.717) is 0 Å². The molecule has 2 aromatic heterocycles. The minimum Gasteiger partial charge on any atom is -0.236 e. The Balaban J connectivity index is 2.46. The second-order valence-corrected chi connectivity index (χ2v) is 2.01. The Morgan fingerprint density at radius 3 is 2.45 bits per heavy atom. The van der Waals surface area contributed by atoms with Gasteiger partial charge in [-0.3, -0.25) is 0 Å².